The highest BCUT2D eigenvalue weighted by Gasteiger charge is 2.31. The second-order valence-electron chi connectivity index (χ2n) is 6.56. The molecule has 0 saturated heterocycles. The molecule has 1 rings (SSSR count). The maximum absolute atomic E-state index is 12.1. The van der Waals surface area contributed by atoms with Gasteiger partial charge in [-0.15, -0.1) is 13.2 Å². The first kappa shape index (κ1) is 21.6. The Morgan fingerprint density at radius 1 is 1.19 bits per heavy atom. The Morgan fingerprint density at radius 2 is 1.77 bits per heavy atom. The van der Waals surface area contributed by atoms with E-state index in [4.69, 9.17) is 5.73 Å². The molecule has 0 heterocycles. The van der Waals surface area contributed by atoms with Gasteiger partial charge < -0.3 is 20.7 Å². The number of carbonyl (C=O) groups excluding carboxylic acids is 2. The van der Waals surface area contributed by atoms with Crippen LogP contribution < -0.4 is 15.8 Å². The van der Waals surface area contributed by atoms with Crippen LogP contribution in [0.3, 0.4) is 0 Å². The van der Waals surface area contributed by atoms with Crippen LogP contribution in [0.25, 0.3) is 0 Å². The molecule has 0 spiro atoms. The fraction of sp³-hybridized carbons (Fsp3) is 0.529. The average molecular weight is 375 g/mol. The van der Waals surface area contributed by atoms with Crippen molar-refractivity contribution in [3.05, 3.63) is 24.3 Å². The third-order valence-corrected chi connectivity index (χ3v) is 3.92. The van der Waals surface area contributed by atoms with Crippen LogP contribution in [0.5, 0.6) is 5.75 Å². The third kappa shape index (κ3) is 7.62. The molecule has 6 nitrogen and oxygen atoms in total. The summed E-state index contributed by atoms with van der Waals surface area (Å²) in [6, 6.07) is 5.32. The number of nitrogens with one attached hydrogen (secondary N) is 1. The molecular weight excluding hydrogens is 351 g/mol. The highest BCUT2D eigenvalue weighted by molar-refractivity contribution is 5.81. The van der Waals surface area contributed by atoms with E-state index in [1.54, 1.807) is 20.9 Å². The SMILES string of the molecule is CN(CCNc1ccc(OC(F)(F)F)cc1)C(=O)CCC(C)(C)C(N)=O. The van der Waals surface area contributed by atoms with Crippen molar-refractivity contribution in [3.63, 3.8) is 0 Å². The van der Waals surface area contributed by atoms with Gasteiger partial charge in [0.15, 0.2) is 0 Å². The van der Waals surface area contributed by atoms with Crippen LogP contribution in [0.4, 0.5) is 18.9 Å². The minimum Gasteiger partial charge on any atom is -0.406 e. The van der Waals surface area contributed by atoms with Gasteiger partial charge in [0.1, 0.15) is 5.75 Å². The predicted octanol–water partition coefficient (Wildman–Crippen LogP) is 2.75. The first-order valence-electron chi connectivity index (χ1n) is 8.04. The van der Waals surface area contributed by atoms with Crippen molar-refractivity contribution in [1.29, 1.82) is 0 Å². The normalized spacial score (nSPS) is 11.8. The Morgan fingerprint density at radius 3 is 2.27 bits per heavy atom. The zero-order valence-corrected chi connectivity index (χ0v) is 15.0. The zero-order chi connectivity index (χ0) is 20.0. The molecule has 1 aromatic rings. The highest BCUT2D eigenvalue weighted by Crippen LogP contribution is 2.24. The van der Waals surface area contributed by atoms with Crippen LogP contribution in [0.1, 0.15) is 26.7 Å². The van der Waals surface area contributed by atoms with Crippen LogP contribution in [0.2, 0.25) is 0 Å². The van der Waals surface area contributed by atoms with E-state index < -0.39 is 17.7 Å². The summed E-state index contributed by atoms with van der Waals surface area (Å²) >= 11 is 0. The van der Waals surface area contributed by atoms with E-state index in [-0.39, 0.29) is 18.1 Å². The van der Waals surface area contributed by atoms with E-state index in [2.05, 4.69) is 10.1 Å². The van der Waals surface area contributed by atoms with Crippen molar-refractivity contribution in [2.45, 2.75) is 33.1 Å². The van der Waals surface area contributed by atoms with E-state index in [0.29, 0.717) is 25.2 Å². The van der Waals surface area contributed by atoms with Gasteiger partial charge in [0, 0.05) is 37.7 Å². The second-order valence-corrected chi connectivity index (χ2v) is 6.56. The van der Waals surface area contributed by atoms with Gasteiger partial charge in [0.2, 0.25) is 11.8 Å². The van der Waals surface area contributed by atoms with Gasteiger partial charge in [-0.05, 0) is 30.7 Å². The van der Waals surface area contributed by atoms with Gasteiger partial charge in [0.05, 0.1) is 0 Å². The monoisotopic (exact) mass is 375 g/mol. The van der Waals surface area contributed by atoms with Crippen LogP contribution >= 0.6 is 0 Å². The standard InChI is InChI=1S/C17H24F3N3O3/c1-16(2,15(21)25)9-8-14(24)23(3)11-10-22-12-4-6-13(7-5-12)26-17(18,19)20/h4-7,22H,8-11H2,1-3H3,(H2,21,25). The molecule has 0 aliphatic carbocycles. The maximum atomic E-state index is 12.1. The van der Waals surface area contributed by atoms with Crippen molar-refractivity contribution >= 4 is 17.5 Å². The predicted molar refractivity (Wildman–Crippen MR) is 91.5 cm³/mol. The van der Waals surface area contributed by atoms with Crippen LogP contribution in [0, 0.1) is 5.41 Å². The number of hydrogen-bond donors (Lipinski definition) is 2. The van der Waals surface area contributed by atoms with Crippen molar-refractivity contribution in [1.82, 2.24) is 4.90 Å². The molecule has 0 atom stereocenters. The van der Waals surface area contributed by atoms with Crippen molar-refractivity contribution in [2.24, 2.45) is 11.1 Å². The van der Waals surface area contributed by atoms with E-state index in [0.717, 1.165) is 0 Å². The van der Waals surface area contributed by atoms with Gasteiger partial charge >= 0.3 is 6.36 Å². The lowest BCUT2D eigenvalue weighted by molar-refractivity contribution is -0.274. The Bertz CT molecular complexity index is 616. The lowest BCUT2D eigenvalue weighted by atomic mass is 9.87. The quantitative estimate of drug-likeness (QED) is 0.695. The topological polar surface area (TPSA) is 84.7 Å². The second kappa shape index (κ2) is 8.77. The van der Waals surface area contributed by atoms with Crippen LogP contribution in [-0.4, -0.2) is 43.2 Å². The molecule has 26 heavy (non-hydrogen) atoms. The summed E-state index contributed by atoms with van der Waals surface area (Å²) in [5.41, 5.74) is 5.14. The van der Waals surface area contributed by atoms with Gasteiger partial charge in [-0.2, -0.15) is 0 Å². The summed E-state index contributed by atoms with van der Waals surface area (Å²) in [5.74, 6) is -0.866. The number of likely N-dealkylation sites (N-methyl/N-ethyl adjacent to an activating group) is 1. The Kier molecular flexibility index (Phi) is 7.29. The lowest BCUT2D eigenvalue weighted by Crippen LogP contribution is -2.35. The molecule has 2 amide bonds. The smallest absolute Gasteiger partial charge is 0.406 e. The van der Waals surface area contributed by atoms with Crippen molar-refractivity contribution < 1.29 is 27.5 Å². The lowest BCUT2D eigenvalue weighted by Gasteiger charge is -2.22. The molecule has 1 aromatic carbocycles. The van der Waals surface area contributed by atoms with E-state index in [9.17, 15) is 22.8 Å². The summed E-state index contributed by atoms with van der Waals surface area (Å²) in [6.07, 6.45) is -4.16. The van der Waals surface area contributed by atoms with E-state index in [1.165, 1.54) is 29.2 Å². The number of primary amides is 1. The number of benzene rings is 1. The number of anilines is 1. The highest BCUT2D eigenvalue weighted by atomic mass is 19.4. The molecule has 0 aromatic heterocycles. The molecular formula is C17H24F3N3O3. The number of alkyl halides is 3. The molecule has 0 aliphatic heterocycles. The Balaban J connectivity index is 2.38. The molecule has 0 unspecified atom stereocenters. The number of rotatable bonds is 9. The number of nitrogens with zero attached hydrogens (tertiary/aromatic N) is 1. The van der Waals surface area contributed by atoms with E-state index >= 15 is 0 Å². The number of amides is 2. The first-order chi connectivity index (χ1) is 11.9. The molecule has 9 heteroatoms. The number of halogens is 3. The van der Waals surface area contributed by atoms with Crippen molar-refractivity contribution in [2.75, 3.05) is 25.5 Å². The molecule has 3 N–H and O–H groups in total. The fourth-order valence-electron chi connectivity index (χ4n) is 2.00. The summed E-state index contributed by atoms with van der Waals surface area (Å²) in [4.78, 5) is 24.8. The Labute approximate surface area is 150 Å². The van der Waals surface area contributed by atoms with Crippen LogP contribution in [0.15, 0.2) is 24.3 Å². The summed E-state index contributed by atoms with van der Waals surface area (Å²) < 4.78 is 40.1. The van der Waals surface area contributed by atoms with Crippen molar-refractivity contribution in [3.8, 4) is 5.75 Å². The summed E-state index contributed by atoms with van der Waals surface area (Å²) in [5, 5.41) is 3.01. The molecule has 146 valence electrons. The molecule has 0 radical (unpaired) electrons. The molecule has 0 saturated carbocycles. The zero-order valence-electron chi connectivity index (χ0n) is 15.0. The number of nitrogens with two attached hydrogens (primary N) is 1. The molecule has 0 aliphatic rings. The first-order valence-corrected chi connectivity index (χ1v) is 8.04. The van der Waals surface area contributed by atoms with Gasteiger partial charge in [-0.1, -0.05) is 13.8 Å². The summed E-state index contributed by atoms with van der Waals surface area (Å²) in [6.45, 7) is 4.20. The molecule has 0 bridgehead atoms. The third-order valence-electron chi connectivity index (χ3n) is 3.92. The summed E-state index contributed by atoms with van der Waals surface area (Å²) in [7, 11) is 1.64. The molecule has 0 fully saturated rings. The van der Waals surface area contributed by atoms with Gasteiger partial charge in [0.25, 0.3) is 0 Å². The number of ether oxygens (including phenoxy) is 1. The minimum atomic E-state index is -4.72. The van der Waals surface area contributed by atoms with E-state index in [1.807, 2.05) is 0 Å². The average Bonchev–Trinajstić information content (AvgIpc) is 2.52. The van der Waals surface area contributed by atoms with Crippen LogP contribution in [-0.2, 0) is 9.59 Å². The van der Waals surface area contributed by atoms with Gasteiger partial charge in [-0.3, -0.25) is 9.59 Å². The van der Waals surface area contributed by atoms with Gasteiger partial charge in [-0.25, -0.2) is 0 Å². The number of carbonyl (C=O) groups is 2. The fourth-order valence-corrected chi connectivity index (χ4v) is 2.00. The largest absolute Gasteiger partial charge is 0.573 e. The minimum absolute atomic E-state index is 0.116. The maximum Gasteiger partial charge on any atom is 0.573 e. The Hall–Kier alpha value is -2.45. The number of hydrogen-bond acceptors (Lipinski definition) is 4.